The van der Waals surface area contributed by atoms with Crippen LogP contribution in [0.4, 0.5) is 4.79 Å². The van der Waals surface area contributed by atoms with Gasteiger partial charge in [-0.15, -0.1) is 0 Å². The molecule has 0 heterocycles. The second-order valence-corrected chi connectivity index (χ2v) is 9.33. The minimum absolute atomic E-state index is 0.0941. The van der Waals surface area contributed by atoms with Crippen molar-refractivity contribution < 1.29 is 28.5 Å². The summed E-state index contributed by atoms with van der Waals surface area (Å²) >= 11 is 0. The first kappa shape index (κ1) is 26.8. The lowest BCUT2D eigenvalue weighted by molar-refractivity contribution is -0.135. The number of hydrogen-bond donors (Lipinski definition) is 1. The van der Waals surface area contributed by atoms with Gasteiger partial charge in [-0.1, -0.05) is 60.7 Å². The molecule has 1 aliphatic rings. The summed E-state index contributed by atoms with van der Waals surface area (Å²) in [6, 6.07) is 28.7. The first-order chi connectivity index (χ1) is 19.4. The van der Waals surface area contributed by atoms with Gasteiger partial charge in [0.05, 0.1) is 14.2 Å². The molecule has 0 fully saturated rings. The van der Waals surface area contributed by atoms with Gasteiger partial charge in [0.2, 0.25) is 6.23 Å². The van der Waals surface area contributed by atoms with Gasteiger partial charge >= 0.3 is 6.09 Å². The van der Waals surface area contributed by atoms with Crippen LogP contribution in [-0.2, 0) is 9.53 Å². The van der Waals surface area contributed by atoms with Crippen LogP contribution in [0.2, 0.25) is 0 Å². The van der Waals surface area contributed by atoms with E-state index < -0.39 is 18.2 Å². The normalized spacial score (nSPS) is 12.6. The second kappa shape index (κ2) is 11.5. The molecule has 5 rings (SSSR count). The Hall–Kier alpha value is -4.82. The first-order valence-electron chi connectivity index (χ1n) is 12.8. The van der Waals surface area contributed by atoms with Gasteiger partial charge in [0, 0.05) is 24.6 Å². The predicted molar refractivity (Wildman–Crippen MR) is 151 cm³/mol. The molecule has 0 aromatic heterocycles. The van der Waals surface area contributed by atoms with Crippen molar-refractivity contribution in [1.82, 2.24) is 4.90 Å². The van der Waals surface area contributed by atoms with Crippen LogP contribution in [-0.4, -0.2) is 51.0 Å². The summed E-state index contributed by atoms with van der Waals surface area (Å²) < 4.78 is 21.9. The Balaban J connectivity index is 1.20. The minimum Gasteiger partial charge on any atom is -0.497 e. The summed E-state index contributed by atoms with van der Waals surface area (Å²) in [5, 5.41) is 0. The lowest BCUT2D eigenvalue weighted by Gasteiger charge is -2.21. The van der Waals surface area contributed by atoms with Gasteiger partial charge < -0.3 is 18.9 Å². The fourth-order valence-electron chi connectivity index (χ4n) is 4.92. The molecule has 0 spiro atoms. The molecule has 0 bridgehead atoms. The van der Waals surface area contributed by atoms with Crippen molar-refractivity contribution in [1.29, 1.82) is 0 Å². The highest BCUT2D eigenvalue weighted by atomic mass is 16.6. The summed E-state index contributed by atoms with van der Waals surface area (Å²) in [4.78, 5) is 26.5. The van der Waals surface area contributed by atoms with E-state index in [-0.39, 0.29) is 12.5 Å². The molecule has 1 atom stereocenters. The topological polar surface area (TPSA) is 100 Å². The molecule has 0 saturated heterocycles. The summed E-state index contributed by atoms with van der Waals surface area (Å²) in [6.45, 7) is 0.0941. The number of nitrogens with two attached hydrogens (primary N) is 1. The van der Waals surface area contributed by atoms with Crippen LogP contribution < -0.4 is 19.9 Å². The summed E-state index contributed by atoms with van der Waals surface area (Å²) in [5.74, 6) is 0.874. The van der Waals surface area contributed by atoms with E-state index in [1.165, 1.54) is 7.05 Å². The van der Waals surface area contributed by atoms with Crippen LogP contribution in [0.5, 0.6) is 17.2 Å². The molecule has 8 heteroatoms. The summed E-state index contributed by atoms with van der Waals surface area (Å²) in [7, 11) is 4.51. The molecule has 2 N–H and O–H groups in total. The number of fused-ring (bicyclic) bond motifs is 3. The van der Waals surface area contributed by atoms with Gasteiger partial charge in [-0.2, -0.15) is 0 Å². The number of nitrogens with zero attached hydrogens (tertiary/aromatic N) is 1. The van der Waals surface area contributed by atoms with Crippen molar-refractivity contribution in [3.8, 4) is 39.5 Å². The molecule has 40 heavy (non-hydrogen) atoms. The van der Waals surface area contributed by atoms with Gasteiger partial charge in [-0.3, -0.25) is 10.5 Å². The monoisotopic (exact) mass is 538 g/mol. The van der Waals surface area contributed by atoms with E-state index in [4.69, 9.17) is 24.7 Å². The number of methoxy groups -OCH3 is 2. The zero-order chi connectivity index (χ0) is 28.2. The zero-order valence-corrected chi connectivity index (χ0v) is 22.5. The number of carbonyl (C=O) groups is 2. The van der Waals surface area contributed by atoms with E-state index in [0.29, 0.717) is 17.2 Å². The van der Waals surface area contributed by atoms with E-state index in [2.05, 4.69) is 12.1 Å². The van der Waals surface area contributed by atoms with Crippen molar-refractivity contribution in [2.75, 3.05) is 27.9 Å². The molecule has 2 amide bonds. The van der Waals surface area contributed by atoms with Gasteiger partial charge in [0.25, 0.3) is 5.91 Å². The Morgan fingerprint density at radius 3 is 2.00 bits per heavy atom. The maximum atomic E-state index is 12.9. The molecule has 1 unspecified atom stereocenters. The van der Waals surface area contributed by atoms with E-state index >= 15 is 0 Å². The van der Waals surface area contributed by atoms with Crippen molar-refractivity contribution in [2.45, 2.75) is 12.1 Å². The highest BCUT2D eigenvalue weighted by Crippen LogP contribution is 2.44. The first-order valence-corrected chi connectivity index (χ1v) is 12.8. The third kappa shape index (κ3) is 5.21. The smallest absolute Gasteiger partial charge is 0.416 e. The van der Waals surface area contributed by atoms with Gasteiger partial charge in [0.1, 0.15) is 23.9 Å². The number of imide groups is 1. The summed E-state index contributed by atoms with van der Waals surface area (Å²) in [6.07, 6.45) is -2.19. The maximum Gasteiger partial charge on any atom is 0.416 e. The number of ether oxygens (including phenoxy) is 4. The number of benzene rings is 4. The van der Waals surface area contributed by atoms with Gasteiger partial charge in [0.15, 0.2) is 0 Å². The predicted octanol–water partition coefficient (Wildman–Crippen LogP) is 5.44. The average Bonchev–Trinajstić information content (AvgIpc) is 3.32. The zero-order valence-electron chi connectivity index (χ0n) is 22.5. The minimum atomic E-state index is -1.40. The van der Waals surface area contributed by atoms with Crippen molar-refractivity contribution in [3.05, 3.63) is 102 Å². The number of likely N-dealkylation sites (N-methyl/N-ethyl adjacent to an activating group) is 1. The third-order valence-corrected chi connectivity index (χ3v) is 7.02. The molecule has 0 aliphatic heterocycles. The summed E-state index contributed by atoms with van der Waals surface area (Å²) in [5.41, 5.74) is 12.2. The second-order valence-electron chi connectivity index (χ2n) is 9.33. The number of amides is 2. The quantitative estimate of drug-likeness (QED) is 0.298. The Morgan fingerprint density at radius 1 is 0.800 bits per heavy atom. The molecule has 4 aromatic rings. The maximum absolute atomic E-state index is 12.9. The lowest BCUT2D eigenvalue weighted by Crippen LogP contribution is -2.48. The molecule has 0 radical (unpaired) electrons. The Morgan fingerprint density at radius 2 is 1.40 bits per heavy atom. The fourth-order valence-corrected chi connectivity index (χ4v) is 4.92. The standard InChI is InChI=1S/C32H30N2O6/c1-34(32(36)39-19-28-26-10-6-4-8-24(26)25-9-5-7-11-27(25)28)31(35)30(33)40-21-14-12-20(13-15-21)23-17-16-22(37-2)18-29(23)38-3/h4-18,28,30H,19,33H2,1-3H3. The van der Waals surface area contributed by atoms with E-state index in [0.717, 1.165) is 38.3 Å². The van der Waals surface area contributed by atoms with Crippen molar-refractivity contribution >= 4 is 12.0 Å². The van der Waals surface area contributed by atoms with Crippen LogP contribution in [0.25, 0.3) is 22.3 Å². The van der Waals surface area contributed by atoms with E-state index in [9.17, 15) is 9.59 Å². The van der Waals surface area contributed by atoms with Crippen LogP contribution in [0.3, 0.4) is 0 Å². The number of carbonyl (C=O) groups excluding carboxylic acids is 2. The van der Waals surface area contributed by atoms with E-state index in [1.54, 1.807) is 32.4 Å². The van der Waals surface area contributed by atoms with Crippen LogP contribution in [0.15, 0.2) is 91.0 Å². The molecular weight excluding hydrogens is 508 g/mol. The fraction of sp³-hybridized carbons (Fsp3) is 0.188. The van der Waals surface area contributed by atoms with E-state index in [1.807, 2.05) is 60.7 Å². The van der Waals surface area contributed by atoms with Crippen LogP contribution in [0.1, 0.15) is 17.0 Å². The van der Waals surface area contributed by atoms with Gasteiger partial charge in [-0.05, 0) is 52.1 Å². The highest BCUT2D eigenvalue weighted by molar-refractivity contribution is 5.94. The molecule has 4 aromatic carbocycles. The molecule has 8 nitrogen and oxygen atoms in total. The van der Waals surface area contributed by atoms with Crippen molar-refractivity contribution in [2.24, 2.45) is 5.73 Å². The number of hydrogen-bond acceptors (Lipinski definition) is 7. The van der Waals surface area contributed by atoms with Crippen LogP contribution >= 0.6 is 0 Å². The molecule has 0 saturated carbocycles. The lowest BCUT2D eigenvalue weighted by atomic mass is 9.98. The Bertz CT molecular complexity index is 1490. The Labute approximate surface area is 232 Å². The van der Waals surface area contributed by atoms with Gasteiger partial charge in [-0.25, -0.2) is 9.69 Å². The largest absolute Gasteiger partial charge is 0.497 e. The van der Waals surface area contributed by atoms with Crippen molar-refractivity contribution in [3.63, 3.8) is 0 Å². The SMILES string of the molecule is COc1ccc(-c2ccc(OC(N)C(=O)N(C)C(=O)OCC3c4ccccc4-c4ccccc43)cc2)c(OC)c1. The molecule has 204 valence electrons. The van der Waals surface area contributed by atoms with Crippen LogP contribution in [0, 0.1) is 0 Å². The average molecular weight is 539 g/mol. The third-order valence-electron chi connectivity index (χ3n) is 7.02. The molecule has 1 aliphatic carbocycles. The highest BCUT2D eigenvalue weighted by Gasteiger charge is 2.31. The Kier molecular flexibility index (Phi) is 7.70. The molecular formula is C32H30N2O6. The number of rotatable bonds is 8.